The second-order valence-corrected chi connectivity index (χ2v) is 9.52. The van der Waals surface area contributed by atoms with Gasteiger partial charge in [-0.2, -0.15) is 0 Å². The number of allylic oxidation sites excluding steroid dienone is 2. The molecule has 1 saturated heterocycles. The lowest BCUT2D eigenvalue weighted by Gasteiger charge is -2.27. The lowest BCUT2D eigenvalue weighted by molar-refractivity contribution is -0.129. The Morgan fingerprint density at radius 1 is 1.06 bits per heavy atom. The highest BCUT2D eigenvalue weighted by molar-refractivity contribution is 7.12. The van der Waals surface area contributed by atoms with Crippen molar-refractivity contribution in [2.45, 2.75) is 6.54 Å². The average molecular weight is 501 g/mol. The molecule has 0 bridgehead atoms. The van der Waals surface area contributed by atoms with Crippen LogP contribution in [-0.2, 0) is 20.8 Å². The van der Waals surface area contributed by atoms with E-state index in [1.54, 1.807) is 7.11 Å². The van der Waals surface area contributed by atoms with E-state index in [0.717, 1.165) is 60.2 Å². The van der Waals surface area contributed by atoms with Gasteiger partial charge in [-0.05, 0) is 41.8 Å². The van der Waals surface area contributed by atoms with Crippen molar-refractivity contribution in [1.29, 1.82) is 0 Å². The van der Waals surface area contributed by atoms with Gasteiger partial charge >= 0.3 is 5.97 Å². The second-order valence-electron chi connectivity index (χ2n) is 8.57. The molecule has 3 aliphatic rings. The van der Waals surface area contributed by atoms with E-state index in [1.807, 2.05) is 60.0 Å². The first kappa shape index (κ1) is 22.7. The van der Waals surface area contributed by atoms with Gasteiger partial charge in [0.1, 0.15) is 17.3 Å². The number of thiophene rings is 1. The molecule has 0 radical (unpaired) electrons. The number of hydrogen-bond acceptors (Lipinski definition) is 8. The second kappa shape index (κ2) is 9.73. The number of carbonyl (C=O) groups excluding carboxylic acids is 1. The Labute approximate surface area is 212 Å². The molecule has 3 aliphatic heterocycles. The van der Waals surface area contributed by atoms with Gasteiger partial charge in [0, 0.05) is 41.9 Å². The van der Waals surface area contributed by atoms with Crippen molar-refractivity contribution in [3.63, 3.8) is 0 Å². The Hall–Kier alpha value is -3.72. The third kappa shape index (κ3) is 4.35. The molecule has 0 unspecified atom stereocenters. The lowest BCUT2D eigenvalue weighted by Crippen LogP contribution is -2.35. The van der Waals surface area contributed by atoms with Gasteiger partial charge in [0.05, 0.1) is 25.2 Å². The molecule has 0 amide bonds. The first-order chi connectivity index (χ1) is 17.7. The molecule has 8 heteroatoms. The van der Waals surface area contributed by atoms with Gasteiger partial charge in [-0.15, -0.1) is 11.3 Å². The molecule has 0 atom stereocenters. The molecular formula is C28H24N2O5S. The summed E-state index contributed by atoms with van der Waals surface area (Å²) in [5, 5.41) is 1.93. The van der Waals surface area contributed by atoms with Crippen LogP contribution < -0.4 is 9.47 Å². The standard InChI is InChI=1S/C28H24N2O5S/c1-32-22-9-8-18(15-19(22)17-30-10-12-33-13-11-30)24-16-21(20-5-2-3-6-23(20)34-24)26-28(31)35-27(29-26)25-7-4-14-36-25/h2-9,14-16H,10-13,17H2,1H3. The Kier molecular flexibility index (Phi) is 6.14. The summed E-state index contributed by atoms with van der Waals surface area (Å²) >= 11 is 1.48. The quantitative estimate of drug-likeness (QED) is 0.373. The van der Waals surface area contributed by atoms with Gasteiger partial charge in [-0.1, -0.05) is 24.3 Å². The van der Waals surface area contributed by atoms with Gasteiger partial charge in [-0.3, -0.25) is 4.90 Å². The van der Waals surface area contributed by atoms with E-state index in [1.165, 1.54) is 11.3 Å². The third-order valence-electron chi connectivity index (χ3n) is 6.32. The minimum absolute atomic E-state index is 0.272. The number of nitrogens with zero attached hydrogens (tertiary/aromatic N) is 2. The summed E-state index contributed by atoms with van der Waals surface area (Å²) in [6, 6.07) is 17.5. The number of benzene rings is 2. The number of carbonyl (C=O) groups is 1. The molecule has 182 valence electrons. The monoisotopic (exact) mass is 500 g/mol. The SMILES string of the molecule is COc1ccc(C2=CC(=C3N=C(c4cccs4)OC3=O)c3ccccc3O2)cc1CN1CCOCC1. The van der Waals surface area contributed by atoms with Gasteiger partial charge in [0.25, 0.3) is 0 Å². The fourth-order valence-electron chi connectivity index (χ4n) is 4.51. The van der Waals surface area contributed by atoms with Crippen molar-refractivity contribution < 1.29 is 23.7 Å². The van der Waals surface area contributed by atoms with Crippen LogP contribution in [0.1, 0.15) is 21.6 Å². The van der Waals surface area contributed by atoms with Crippen LogP contribution in [0, 0.1) is 0 Å². The summed E-state index contributed by atoms with van der Waals surface area (Å²) in [6.07, 6.45) is 1.88. The van der Waals surface area contributed by atoms with Gasteiger partial charge in [0.2, 0.25) is 5.90 Å². The van der Waals surface area contributed by atoms with Crippen LogP contribution in [0.3, 0.4) is 0 Å². The van der Waals surface area contributed by atoms with E-state index < -0.39 is 5.97 Å². The van der Waals surface area contributed by atoms with Crippen molar-refractivity contribution in [3.05, 3.63) is 93.3 Å². The molecule has 1 aromatic heterocycles. The molecule has 4 heterocycles. The predicted molar refractivity (Wildman–Crippen MR) is 138 cm³/mol. The predicted octanol–water partition coefficient (Wildman–Crippen LogP) is 4.74. The number of rotatable bonds is 5. The van der Waals surface area contributed by atoms with Crippen molar-refractivity contribution >= 4 is 34.5 Å². The minimum Gasteiger partial charge on any atom is -0.496 e. The topological polar surface area (TPSA) is 69.6 Å². The zero-order valence-electron chi connectivity index (χ0n) is 19.7. The Morgan fingerprint density at radius 3 is 2.72 bits per heavy atom. The van der Waals surface area contributed by atoms with Gasteiger partial charge in [-0.25, -0.2) is 9.79 Å². The Bertz CT molecular complexity index is 1400. The van der Waals surface area contributed by atoms with Crippen LogP contribution in [0.2, 0.25) is 0 Å². The zero-order valence-corrected chi connectivity index (χ0v) is 20.5. The van der Waals surface area contributed by atoms with E-state index >= 15 is 0 Å². The molecule has 0 spiro atoms. The third-order valence-corrected chi connectivity index (χ3v) is 7.18. The first-order valence-corrected chi connectivity index (χ1v) is 12.6. The molecule has 6 rings (SSSR count). The van der Waals surface area contributed by atoms with Crippen LogP contribution in [0.5, 0.6) is 11.5 Å². The number of aliphatic imine (C=N–C) groups is 1. The number of cyclic esters (lactones) is 1. The molecule has 3 aromatic rings. The van der Waals surface area contributed by atoms with Crippen LogP contribution >= 0.6 is 11.3 Å². The number of esters is 1. The number of methoxy groups -OCH3 is 1. The zero-order chi connectivity index (χ0) is 24.5. The van der Waals surface area contributed by atoms with Crippen LogP contribution in [0.25, 0.3) is 11.3 Å². The molecule has 36 heavy (non-hydrogen) atoms. The van der Waals surface area contributed by atoms with E-state index in [2.05, 4.69) is 16.0 Å². The summed E-state index contributed by atoms with van der Waals surface area (Å²) in [5.74, 6) is 1.98. The van der Waals surface area contributed by atoms with E-state index in [4.69, 9.17) is 18.9 Å². The highest BCUT2D eigenvalue weighted by Gasteiger charge is 2.31. The maximum absolute atomic E-state index is 12.9. The van der Waals surface area contributed by atoms with Crippen molar-refractivity contribution in [2.75, 3.05) is 33.4 Å². The summed E-state index contributed by atoms with van der Waals surface area (Å²) < 4.78 is 23.0. The fourth-order valence-corrected chi connectivity index (χ4v) is 5.16. The number of hydrogen-bond donors (Lipinski definition) is 0. The van der Waals surface area contributed by atoms with E-state index in [-0.39, 0.29) is 5.70 Å². The Balaban J connectivity index is 1.42. The molecule has 1 fully saturated rings. The molecule has 0 saturated carbocycles. The van der Waals surface area contributed by atoms with Gasteiger partial charge < -0.3 is 18.9 Å². The van der Waals surface area contributed by atoms with Gasteiger partial charge in [0.15, 0.2) is 5.70 Å². The summed E-state index contributed by atoms with van der Waals surface area (Å²) in [6.45, 7) is 3.97. The summed E-state index contributed by atoms with van der Waals surface area (Å²) in [7, 11) is 1.68. The molecular weight excluding hydrogens is 476 g/mol. The number of para-hydroxylation sites is 1. The average Bonchev–Trinajstić information content (AvgIpc) is 3.59. The van der Waals surface area contributed by atoms with Crippen molar-refractivity contribution in [3.8, 4) is 11.5 Å². The van der Waals surface area contributed by atoms with E-state index in [0.29, 0.717) is 23.0 Å². The Morgan fingerprint density at radius 2 is 1.92 bits per heavy atom. The number of ether oxygens (including phenoxy) is 4. The lowest BCUT2D eigenvalue weighted by atomic mass is 9.97. The maximum atomic E-state index is 12.9. The molecule has 2 aromatic carbocycles. The fraction of sp³-hybridized carbons (Fsp3) is 0.214. The van der Waals surface area contributed by atoms with Crippen molar-refractivity contribution in [1.82, 2.24) is 4.90 Å². The molecule has 7 nitrogen and oxygen atoms in total. The normalized spacial score (nSPS) is 19.8. The van der Waals surface area contributed by atoms with E-state index in [9.17, 15) is 4.79 Å². The van der Waals surface area contributed by atoms with Crippen LogP contribution in [-0.4, -0.2) is 50.2 Å². The number of morpholine rings is 1. The number of fused-ring (bicyclic) bond motifs is 1. The minimum atomic E-state index is -0.469. The van der Waals surface area contributed by atoms with Crippen LogP contribution in [0.4, 0.5) is 0 Å². The van der Waals surface area contributed by atoms with Crippen LogP contribution in [0.15, 0.2) is 76.7 Å². The molecule has 0 aliphatic carbocycles. The maximum Gasteiger partial charge on any atom is 0.364 e. The summed E-state index contributed by atoms with van der Waals surface area (Å²) in [4.78, 5) is 20.6. The smallest absolute Gasteiger partial charge is 0.364 e. The molecule has 0 N–H and O–H groups in total. The highest BCUT2D eigenvalue weighted by atomic mass is 32.1. The highest BCUT2D eigenvalue weighted by Crippen LogP contribution is 2.40. The largest absolute Gasteiger partial charge is 0.496 e. The first-order valence-electron chi connectivity index (χ1n) is 11.7. The van der Waals surface area contributed by atoms with Crippen molar-refractivity contribution in [2.24, 2.45) is 4.99 Å². The summed E-state index contributed by atoms with van der Waals surface area (Å²) in [5.41, 5.74) is 3.70.